The van der Waals surface area contributed by atoms with Crippen molar-refractivity contribution in [2.45, 2.75) is 50.9 Å². The van der Waals surface area contributed by atoms with Crippen LogP contribution in [0.5, 0.6) is 5.75 Å². The summed E-state index contributed by atoms with van der Waals surface area (Å²) in [5.41, 5.74) is -4.69. The van der Waals surface area contributed by atoms with Crippen molar-refractivity contribution in [1.29, 1.82) is 0 Å². The topological polar surface area (TPSA) is 68.5 Å². The van der Waals surface area contributed by atoms with Crippen molar-refractivity contribution in [3.63, 3.8) is 0 Å². The number of carbonyl (C=O) groups is 1. The Morgan fingerprint density at radius 2 is 1.76 bits per heavy atom. The number of rotatable bonds is 8. The molecule has 1 heterocycles. The number of hydrogen-bond acceptors (Lipinski definition) is 4. The molecule has 1 atom stereocenters. The first-order chi connectivity index (χ1) is 15.7. The van der Waals surface area contributed by atoms with Crippen LogP contribution in [0.3, 0.4) is 0 Å². The molecule has 0 saturated carbocycles. The molecule has 0 bridgehead atoms. The second-order valence-corrected chi connectivity index (χ2v) is 9.05. The van der Waals surface area contributed by atoms with Gasteiger partial charge in [-0.3, -0.25) is 9.59 Å². The Morgan fingerprint density at radius 3 is 2.41 bits per heavy atom. The number of carbonyl (C=O) groups excluding carboxylic acids is 1. The minimum atomic E-state index is -5.05. The zero-order valence-corrected chi connectivity index (χ0v) is 18.9. The van der Waals surface area contributed by atoms with E-state index in [2.05, 4.69) is 0 Å². The molecule has 0 radical (unpaired) electrons. The molecule has 0 aliphatic carbocycles. The number of para-hydroxylation sites is 1. The number of aliphatic hydroxyl groups is 1. The number of alkyl halides is 3. The van der Waals surface area contributed by atoms with E-state index in [1.165, 1.54) is 49.7 Å². The second kappa shape index (κ2) is 9.21. The van der Waals surface area contributed by atoms with Crippen LogP contribution < -0.4 is 10.2 Å². The van der Waals surface area contributed by atoms with E-state index < -0.39 is 36.0 Å². The number of aromatic nitrogens is 1. The molecule has 0 saturated heterocycles. The van der Waals surface area contributed by atoms with Crippen LogP contribution in [-0.4, -0.2) is 33.8 Å². The molecule has 2 aromatic carbocycles. The van der Waals surface area contributed by atoms with Crippen LogP contribution in [0.15, 0.2) is 59.5 Å². The molecule has 1 N–H and O–H groups in total. The van der Waals surface area contributed by atoms with Crippen LogP contribution in [0.2, 0.25) is 0 Å². The van der Waals surface area contributed by atoms with Gasteiger partial charge in [-0.15, -0.1) is 0 Å². The van der Waals surface area contributed by atoms with E-state index in [0.717, 1.165) is 18.2 Å². The number of ketones is 1. The summed E-state index contributed by atoms with van der Waals surface area (Å²) in [7, 11) is 0. The Bertz CT molecular complexity index is 1270. The highest BCUT2D eigenvalue weighted by molar-refractivity contribution is 5.78. The largest absolute Gasteiger partial charge is 0.486 e. The fraction of sp³-hybridized carbons (Fsp3) is 0.360. The van der Waals surface area contributed by atoms with Gasteiger partial charge < -0.3 is 14.4 Å². The summed E-state index contributed by atoms with van der Waals surface area (Å²) in [6.07, 6.45) is -4.69. The predicted molar refractivity (Wildman–Crippen MR) is 119 cm³/mol. The van der Waals surface area contributed by atoms with Gasteiger partial charge in [0.1, 0.15) is 18.2 Å². The maximum absolute atomic E-state index is 14.3. The average Bonchev–Trinajstić information content (AvgIpc) is 2.74. The van der Waals surface area contributed by atoms with Gasteiger partial charge in [-0.2, -0.15) is 13.2 Å². The van der Waals surface area contributed by atoms with Gasteiger partial charge in [-0.1, -0.05) is 26.0 Å². The lowest BCUT2D eigenvalue weighted by Gasteiger charge is -2.39. The molecule has 0 aliphatic heterocycles. The fourth-order valence-corrected chi connectivity index (χ4v) is 4.09. The molecule has 3 aromatic rings. The normalized spacial score (nSPS) is 14.1. The Kier molecular flexibility index (Phi) is 6.89. The molecular weight excluding hydrogens is 454 g/mol. The Morgan fingerprint density at radius 1 is 1.09 bits per heavy atom. The first-order valence-corrected chi connectivity index (χ1v) is 10.5. The van der Waals surface area contributed by atoms with Gasteiger partial charge in [-0.25, -0.2) is 4.39 Å². The number of pyridine rings is 1. The van der Waals surface area contributed by atoms with Gasteiger partial charge in [-0.05, 0) is 49.1 Å². The van der Waals surface area contributed by atoms with Crippen LogP contribution >= 0.6 is 0 Å². The molecule has 0 fully saturated rings. The lowest BCUT2D eigenvalue weighted by molar-refractivity contribution is -0.271. The van der Waals surface area contributed by atoms with Gasteiger partial charge in [0.25, 0.3) is 0 Å². The smallest absolute Gasteiger partial charge is 0.418 e. The van der Waals surface area contributed by atoms with Crippen molar-refractivity contribution in [1.82, 2.24) is 4.57 Å². The lowest BCUT2D eigenvalue weighted by Crippen LogP contribution is -2.52. The van der Waals surface area contributed by atoms with Crippen LogP contribution in [0.1, 0.15) is 32.8 Å². The van der Waals surface area contributed by atoms with Gasteiger partial charge in [0.05, 0.1) is 12.1 Å². The van der Waals surface area contributed by atoms with Crippen molar-refractivity contribution < 1.29 is 32.2 Å². The minimum Gasteiger partial charge on any atom is -0.486 e. The zero-order chi connectivity index (χ0) is 25.3. The maximum atomic E-state index is 14.3. The molecule has 0 amide bonds. The fourth-order valence-electron chi connectivity index (χ4n) is 4.09. The van der Waals surface area contributed by atoms with E-state index in [0.29, 0.717) is 0 Å². The molecule has 1 unspecified atom stereocenters. The van der Waals surface area contributed by atoms with E-state index in [9.17, 15) is 32.3 Å². The highest BCUT2D eigenvalue weighted by atomic mass is 19.4. The van der Waals surface area contributed by atoms with E-state index in [1.807, 2.05) is 0 Å². The summed E-state index contributed by atoms with van der Waals surface area (Å²) in [5, 5.41) is 11.2. The predicted octanol–water partition coefficient (Wildman–Crippen LogP) is 4.77. The van der Waals surface area contributed by atoms with E-state index in [-0.39, 0.29) is 40.0 Å². The third kappa shape index (κ3) is 5.30. The van der Waals surface area contributed by atoms with Gasteiger partial charge in [0, 0.05) is 23.2 Å². The maximum Gasteiger partial charge on any atom is 0.418 e. The number of nitrogens with zero attached hydrogens (tertiary/aromatic N) is 1. The summed E-state index contributed by atoms with van der Waals surface area (Å²) in [6.45, 7) is 2.93. The summed E-state index contributed by atoms with van der Waals surface area (Å²) in [6, 6.07) is 10.7. The molecule has 0 aliphatic rings. The summed E-state index contributed by atoms with van der Waals surface area (Å²) >= 11 is 0. The summed E-state index contributed by atoms with van der Waals surface area (Å²) in [4.78, 5) is 23.4. The van der Waals surface area contributed by atoms with Crippen molar-refractivity contribution in [2.24, 2.45) is 0 Å². The first kappa shape index (κ1) is 25.4. The lowest BCUT2D eigenvalue weighted by atomic mass is 9.74. The third-order valence-corrected chi connectivity index (χ3v) is 5.68. The monoisotopic (exact) mass is 479 g/mol. The highest BCUT2D eigenvalue weighted by Crippen LogP contribution is 2.44. The van der Waals surface area contributed by atoms with E-state index >= 15 is 0 Å². The summed E-state index contributed by atoms with van der Waals surface area (Å²) in [5.74, 6) is -0.954. The van der Waals surface area contributed by atoms with Crippen molar-refractivity contribution in [2.75, 3.05) is 6.61 Å². The van der Waals surface area contributed by atoms with Crippen LogP contribution in [0.4, 0.5) is 17.6 Å². The Labute approximate surface area is 193 Å². The molecule has 5 nitrogen and oxygen atoms in total. The third-order valence-electron chi connectivity index (χ3n) is 5.68. The van der Waals surface area contributed by atoms with Crippen LogP contribution in [0, 0.1) is 5.82 Å². The summed E-state index contributed by atoms with van der Waals surface area (Å²) < 4.78 is 63.5. The average molecular weight is 479 g/mol. The SMILES string of the molecule is CC(=O)COc1ccc(F)cc1C(C)(C)CC(O)(Cn1ccc(=O)c2ccccc21)C(F)(F)F. The van der Waals surface area contributed by atoms with Gasteiger partial charge in [0.2, 0.25) is 0 Å². The molecule has 34 heavy (non-hydrogen) atoms. The molecule has 1 aromatic heterocycles. The van der Waals surface area contributed by atoms with Crippen LogP contribution in [0.25, 0.3) is 10.9 Å². The standard InChI is InChI=1S/C25H25F4NO4/c1-16(31)13-34-22-9-8-17(26)12-19(22)23(2,3)14-24(33,25(27,28)29)15-30-11-10-21(32)18-6-4-5-7-20(18)30/h4-12,33H,13-15H2,1-3H3. The number of fused-ring (bicyclic) bond motifs is 1. The number of hydrogen-bond donors (Lipinski definition) is 1. The van der Waals surface area contributed by atoms with Crippen molar-refractivity contribution in [3.8, 4) is 5.75 Å². The molecule has 3 rings (SSSR count). The van der Waals surface area contributed by atoms with Crippen LogP contribution in [-0.2, 0) is 16.8 Å². The Hall–Kier alpha value is -3.20. The molecule has 0 spiro atoms. The quantitative estimate of drug-likeness (QED) is 0.473. The number of benzene rings is 2. The van der Waals surface area contributed by atoms with Gasteiger partial charge in [0.15, 0.2) is 16.8 Å². The van der Waals surface area contributed by atoms with E-state index in [4.69, 9.17) is 4.74 Å². The van der Waals surface area contributed by atoms with Crippen molar-refractivity contribution in [3.05, 3.63) is 76.3 Å². The molecular formula is C25H25F4NO4. The number of Topliss-reactive ketones (excluding diaryl/α,β-unsaturated/α-hetero) is 1. The Balaban J connectivity index is 2.05. The van der Waals surface area contributed by atoms with E-state index in [1.54, 1.807) is 12.1 Å². The zero-order valence-electron chi connectivity index (χ0n) is 18.9. The first-order valence-electron chi connectivity index (χ1n) is 10.5. The number of ether oxygens (including phenoxy) is 1. The number of halogens is 4. The molecule has 9 heteroatoms. The van der Waals surface area contributed by atoms with Crippen molar-refractivity contribution >= 4 is 16.7 Å². The highest BCUT2D eigenvalue weighted by Gasteiger charge is 2.56. The minimum absolute atomic E-state index is 0.0555. The second-order valence-electron chi connectivity index (χ2n) is 9.05. The van der Waals surface area contributed by atoms with Gasteiger partial charge >= 0.3 is 6.18 Å². The molecule has 182 valence electrons.